The minimum Gasteiger partial charge on any atom is -0.492 e. The second-order valence-corrected chi connectivity index (χ2v) is 8.73. The fourth-order valence-electron chi connectivity index (χ4n) is 3.67. The van der Waals surface area contributed by atoms with Gasteiger partial charge >= 0.3 is 0 Å². The largest absolute Gasteiger partial charge is 0.492 e. The molecule has 0 amide bonds. The first kappa shape index (κ1) is 18.6. The van der Waals surface area contributed by atoms with Crippen molar-refractivity contribution >= 4 is 9.84 Å². The lowest BCUT2D eigenvalue weighted by Crippen LogP contribution is -2.60. The number of hydrogen-bond donors (Lipinski definition) is 0. The molecular formula is C17H25FN2O4S. The van der Waals surface area contributed by atoms with Gasteiger partial charge in [0.15, 0.2) is 9.84 Å². The lowest BCUT2D eigenvalue weighted by molar-refractivity contribution is 0.0234. The van der Waals surface area contributed by atoms with Crippen molar-refractivity contribution in [3.63, 3.8) is 0 Å². The molecule has 1 aromatic carbocycles. The molecule has 140 valence electrons. The van der Waals surface area contributed by atoms with Gasteiger partial charge in [-0.25, -0.2) is 12.8 Å². The number of rotatable bonds is 7. The fourth-order valence-corrected chi connectivity index (χ4v) is 5.71. The zero-order valence-electron chi connectivity index (χ0n) is 14.4. The molecular weight excluding hydrogens is 347 g/mol. The molecule has 0 unspecified atom stereocenters. The van der Waals surface area contributed by atoms with Crippen molar-refractivity contribution in [1.29, 1.82) is 0 Å². The second-order valence-electron chi connectivity index (χ2n) is 6.58. The molecule has 3 rings (SSSR count). The Bertz CT molecular complexity index is 668. The van der Waals surface area contributed by atoms with Crippen molar-refractivity contribution in [2.24, 2.45) is 0 Å². The predicted molar refractivity (Wildman–Crippen MR) is 93.1 cm³/mol. The van der Waals surface area contributed by atoms with Gasteiger partial charge in [-0.1, -0.05) is 0 Å². The Morgan fingerprint density at radius 2 is 1.60 bits per heavy atom. The van der Waals surface area contributed by atoms with E-state index in [2.05, 4.69) is 9.80 Å². The Hall–Kier alpha value is -1.22. The molecule has 2 atom stereocenters. The zero-order chi connectivity index (χ0) is 17.9. The summed E-state index contributed by atoms with van der Waals surface area (Å²) in [6, 6.07) is 5.96. The standard InChI is InChI=1S/C17H25FN2O4S/c1-23-10-8-19-6-7-20(17-13-25(21,22)12-16(17)19)9-11-24-15-4-2-14(18)3-5-15/h2-5,16-17H,6-13H2,1H3/t16-,17+/m1/s1. The molecule has 0 aliphatic carbocycles. The Kier molecular flexibility index (Phi) is 5.93. The van der Waals surface area contributed by atoms with E-state index in [4.69, 9.17) is 9.47 Å². The predicted octanol–water partition coefficient (Wildman–Crippen LogP) is 0.634. The molecule has 0 spiro atoms. The number of methoxy groups -OCH3 is 1. The summed E-state index contributed by atoms with van der Waals surface area (Å²) in [7, 11) is -1.35. The van der Waals surface area contributed by atoms with Gasteiger partial charge in [-0.2, -0.15) is 0 Å². The first-order chi connectivity index (χ1) is 12.0. The summed E-state index contributed by atoms with van der Waals surface area (Å²) in [6.45, 7) is 4.12. The van der Waals surface area contributed by atoms with Crippen molar-refractivity contribution in [2.75, 3.05) is 58.0 Å². The van der Waals surface area contributed by atoms with Crippen LogP contribution in [0.25, 0.3) is 0 Å². The molecule has 2 heterocycles. The van der Waals surface area contributed by atoms with Crippen LogP contribution in [0.15, 0.2) is 24.3 Å². The van der Waals surface area contributed by atoms with E-state index in [1.807, 2.05) is 0 Å². The minimum absolute atomic E-state index is 0.00687. The lowest BCUT2D eigenvalue weighted by atomic mass is 10.0. The first-order valence-corrected chi connectivity index (χ1v) is 10.4. The van der Waals surface area contributed by atoms with Gasteiger partial charge in [0.2, 0.25) is 0 Å². The van der Waals surface area contributed by atoms with Gasteiger partial charge in [-0.15, -0.1) is 0 Å². The second kappa shape index (κ2) is 7.99. The highest BCUT2D eigenvalue weighted by molar-refractivity contribution is 7.91. The number of nitrogens with zero attached hydrogens (tertiary/aromatic N) is 2. The smallest absolute Gasteiger partial charge is 0.153 e. The van der Waals surface area contributed by atoms with E-state index in [1.165, 1.54) is 12.1 Å². The van der Waals surface area contributed by atoms with Crippen LogP contribution in [0.2, 0.25) is 0 Å². The SMILES string of the molecule is COCCN1CCN(CCOc2ccc(F)cc2)[C@H]2CS(=O)(=O)C[C@H]21. The molecule has 0 aromatic heterocycles. The minimum atomic E-state index is -3.01. The molecule has 2 saturated heterocycles. The third-order valence-electron chi connectivity index (χ3n) is 4.95. The average Bonchev–Trinajstić information content (AvgIpc) is 2.91. The van der Waals surface area contributed by atoms with Crippen LogP contribution >= 0.6 is 0 Å². The van der Waals surface area contributed by atoms with Gasteiger partial charge in [0, 0.05) is 45.4 Å². The van der Waals surface area contributed by atoms with E-state index in [0.717, 1.165) is 19.6 Å². The van der Waals surface area contributed by atoms with Crippen LogP contribution in [0.4, 0.5) is 4.39 Å². The quantitative estimate of drug-likeness (QED) is 0.700. The van der Waals surface area contributed by atoms with Gasteiger partial charge < -0.3 is 9.47 Å². The van der Waals surface area contributed by atoms with Crippen LogP contribution in [0, 0.1) is 5.82 Å². The first-order valence-electron chi connectivity index (χ1n) is 8.54. The van der Waals surface area contributed by atoms with Gasteiger partial charge in [0.25, 0.3) is 0 Å². The summed E-state index contributed by atoms with van der Waals surface area (Å²) in [5.74, 6) is 0.753. The molecule has 2 fully saturated rings. The number of sulfone groups is 1. The molecule has 0 bridgehead atoms. The highest BCUT2D eigenvalue weighted by atomic mass is 32.2. The molecule has 1 aromatic rings. The molecule has 6 nitrogen and oxygen atoms in total. The molecule has 0 radical (unpaired) electrons. The number of fused-ring (bicyclic) bond motifs is 1. The van der Waals surface area contributed by atoms with Crippen LogP contribution in [0.3, 0.4) is 0 Å². The summed E-state index contributed by atoms with van der Waals surface area (Å²) in [5, 5.41) is 0. The van der Waals surface area contributed by atoms with Crippen molar-refractivity contribution in [3.05, 3.63) is 30.1 Å². The fraction of sp³-hybridized carbons (Fsp3) is 0.647. The maximum absolute atomic E-state index is 12.9. The average molecular weight is 372 g/mol. The molecule has 2 aliphatic rings. The highest BCUT2D eigenvalue weighted by Gasteiger charge is 2.46. The summed E-state index contributed by atoms with van der Waals surface area (Å²) >= 11 is 0. The molecule has 2 aliphatic heterocycles. The number of halogens is 1. The van der Waals surface area contributed by atoms with Crippen molar-refractivity contribution in [2.45, 2.75) is 12.1 Å². The van der Waals surface area contributed by atoms with Crippen LogP contribution in [-0.4, -0.2) is 88.3 Å². The van der Waals surface area contributed by atoms with Gasteiger partial charge in [-0.05, 0) is 24.3 Å². The topological polar surface area (TPSA) is 59.1 Å². The van der Waals surface area contributed by atoms with E-state index < -0.39 is 9.84 Å². The Morgan fingerprint density at radius 3 is 2.16 bits per heavy atom. The monoisotopic (exact) mass is 372 g/mol. The summed E-state index contributed by atoms with van der Waals surface area (Å²) in [6.07, 6.45) is 0. The van der Waals surface area contributed by atoms with Crippen LogP contribution in [0.5, 0.6) is 5.75 Å². The van der Waals surface area contributed by atoms with Gasteiger partial charge in [-0.3, -0.25) is 9.80 Å². The van der Waals surface area contributed by atoms with E-state index in [0.29, 0.717) is 25.5 Å². The Morgan fingerprint density at radius 1 is 1.04 bits per heavy atom. The molecule has 0 saturated carbocycles. The van der Waals surface area contributed by atoms with Crippen molar-refractivity contribution in [3.8, 4) is 5.75 Å². The lowest BCUT2D eigenvalue weighted by Gasteiger charge is -2.43. The van der Waals surface area contributed by atoms with E-state index in [-0.39, 0.29) is 29.4 Å². The summed E-state index contributed by atoms with van der Waals surface area (Å²) < 4.78 is 48.0. The number of ether oxygens (including phenoxy) is 2. The van der Waals surface area contributed by atoms with Gasteiger partial charge in [0.1, 0.15) is 18.2 Å². The van der Waals surface area contributed by atoms with Gasteiger partial charge in [0.05, 0.1) is 18.1 Å². The normalized spacial score (nSPS) is 26.5. The maximum Gasteiger partial charge on any atom is 0.153 e. The van der Waals surface area contributed by atoms with Crippen LogP contribution in [0.1, 0.15) is 0 Å². The highest BCUT2D eigenvalue weighted by Crippen LogP contribution is 2.26. The van der Waals surface area contributed by atoms with E-state index in [9.17, 15) is 12.8 Å². The third kappa shape index (κ3) is 4.69. The van der Waals surface area contributed by atoms with Crippen LogP contribution in [-0.2, 0) is 14.6 Å². The third-order valence-corrected chi connectivity index (χ3v) is 6.65. The Labute approximate surface area is 148 Å². The molecule has 8 heteroatoms. The zero-order valence-corrected chi connectivity index (χ0v) is 15.3. The number of hydrogen-bond acceptors (Lipinski definition) is 6. The van der Waals surface area contributed by atoms with Crippen molar-refractivity contribution < 1.29 is 22.3 Å². The van der Waals surface area contributed by atoms with Crippen molar-refractivity contribution in [1.82, 2.24) is 9.80 Å². The maximum atomic E-state index is 12.9. The van der Waals surface area contributed by atoms with E-state index in [1.54, 1.807) is 19.2 Å². The summed E-state index contributed by atoms with van der Waals surface area (Å²) in [5.41, 5.74) is 0. The number of piperazine rings is 1. The summed E-state index contributed by atoms with van der Waals surface area (Å²) in [4.78, 5) is 4.44. The molecule has 0 N–H and O–H groups in total. The van der Waals surface area contributed by atoms with Crippen LogP contribution < -0.4 is 4.74 Å². The van der Waals surface area contributed by atoms with E-state index >= 15 is 0 Å². The molecule has 25 heavy (non-hydrogen) atoms. The number of benzene rings is 1. The Balaban J connectivity index is 1.57.